The summed E-state index contributed by atoms with van der Waals surface area (Å²) in [5, 5.41) is 6.96. The van der Waals surface area contributed by atoms with Gasteiger partial charge in [0.2, 0.25) is 5.91 Å². The third kappa shape index (κ3) is 3.06. The van der Waals surface area contributed by atoms with Crippen LogP contribution in [0.4, 0.5) is 5.82 Å². The first-order valence-electron chi connectivity index (χ1n) is 5.50. The number of aryl methyl sites for hydroxylation is 1. The standard InChI is InChI=1S/C10H10BrN3O.C2H6/c1-6-9-4-3-8(11)5-14(9)13-10(6)12-7(2)15;1-2/h3-5H,1-2H3,(H,12,13,15);1-2H3. The molecule has 2 rings (SSSR count). The Hall–Kier alpha value is -1.36. The van der Waals surface area contributed by atoms with Gasteiger partial charge >= 0.3 is 0 Å². The molecular weight excluding hydrogens is 282 g/mol. The Kier molecular flexibility index (Phi) is 4.69. The molecule has 0 aliphatic heterocycles. The second kappa shape index (κ2) is 5.82. The first-order valence-corrected chi connectivity index (χ1v) is 6.29. The molecular formula is C12H16BrN3O. The quantitative estimate of drug-likeness (QED) is 0.877. The number of amides is 1. The van der Waals surface area contributed by atoms with E-state index in [9.17, 15) is 4.79 Å². The SMILES string of the molecule is CC.CC(=O)Nc1nn2cc(Br)ccc2c1C. The molecule has 2 aromatic rings. The zero-order valence-corrected chi connectivity index (χ0v) is 12.0. The van der Waals surface area contributed by atoms with Crippen molar-refractivity contribution in [3.63, 3.8) is 0 Å². The average Bonchev–Trinajstić information content (AvgIpc) is 2.57. The lowest BCUT2D eigenvalue weighted by atomic mass is 10.3. The largest absolute Gasteiger partial charge is 0.309 e. The normalized spacial score (nSPS) is 9.71. The monoisotopic (exact) mass is 297 g/mol. The van der Waals surface area contributed by atoms with E-state index in [1.54, 1.807) is 4.52 Å². The fraction of sp³-hybridized carbons (Fsp3) is 0.333. The third-order valence-electron chi connectivity index (χ3n) is 2.13. The number of carbonyl (C=O) groups excluding carboxylic acids is 1. The van der Waals surface area contributed by atoms with Crippen LogP contribution in [0.5, 0.6) is 0 Å². The van der Waals surface area contributed by atoms with Crippen molar-refractivity contribution in [3.05, 3.63) is 28.4 Å². The highest BCUT2D eigenvalue weighted by Gasteiger charge is 2.09. The van der Waals surface area contributed by atoms with Crippen molar-refractivity contribution < 1.29 is 4.79 Å². The van der Waals surface area contributed by atoms with Crippen LogP contribution in [0.15, 0.2) is 22.8 Å². The lowest BCUT2D eigenvalue weighted by Gasteiger charge is -1.95. The molecule has 0 bridgehead atoms. The Morgan fingerprint density at radius 1 is 1.41 bits per heavy atom. The van der Waals surface area contributed by atoms with Crippen LogP contribution in [-0.2, 0) is 4.79 Å². The van der Waals surface area contributed by atoms with Gasteiger partial charge in [-0.05, 0) is 35.0 Å². The lowest BCUT2D eigenvalue weighted by Crippen LogP contribution is -2.07. The van der Waals surface area contributed by atoms with E-state index >= 15 is 0 Å². The number of hydrogen-bond acceptors (Lipinski definition) is 2. The van der Waals surface area contributed by atoms with Gasteiger partial charge in [0.05, 0.1) is 5.52 Å². The van der Waals surface area contributed by atoms with E-state index < -0.39 is 0 Å². The lowest BCUT2D eigenvalue weighted by molar-refractivity contribution is -0.114. The summed E-state index contributed by atoms with van der Waals surface area (Å²) in [6, 6.07) is 3.90. The summed E-state index contributed by atoms with van der Waals surface area (Å²) < 4.78 is 2.69. The van der Waals surface area contributed by atoms with E-state index in [-0.39, 0.29) is 5.91 Å². The number of nitrogens with zero attached hydrogens (tertiary/aromatic N) is 2. The van der Waals surface area contributed by atoms with E-state index in [1.165, 1.54) is 6.92 Å². The van der Waals surface area contributed by atoms with Crippen molar-refractivity contribution >= 4 is 33.2 Å². The van der Waals surface area contributed by atoms with E-state index in [2.05, 4.69) is 26.3 Å². The molecule has 92 valence electrons. The smallest absolute Gasteiger partial charge is 0.222 e. The Morgan fingerprint density at radius 3 is 2.65 bits per heavy atom. The number of anilines is 1. The minimum atomic E-state index is -0.111. The Labute approximate surface area is 109 Å². The van der Waals surface area contributed by atoms with Gasteiger partial charge < -0.3 is 5.32 Å². The number of nitrogens with one attached hydrogen (secondary N) is 1. The highest BCUT2D eigenvalue weighted by atomic mass is 79.9. The minimum absolute atomic E-state index is 0.111. The van der Waals surface area contributed by atoms with Crippen molar-refractivity contribution in [3.8, 4) is 0 Å². The Morgan fingerprint density at radius 2 is 2.06 bits per heavy atom. The average molecular weight is 298 g/mol. The molecule has 17 heavy (non-hydrogen) atoms. The van der Waals surface area contributed by atoms with E-state index in [0.29, 0.717) is 5.82 Å². The minimum Gasteiger partial charge on any atom is -0.309 e. The van der Waals surface area contributed by atoms with Gasteiger partial charge in [-0.1, -0.05) is 13.8 Å². The second-order valence-electron chi connectivity index (χ2n) is 3.33. The predicted octanol–water partition coefficient (Wildman–Crippen LogP) is 3.39. The zero-order chi connectivity index (χ0) is 13.0. The van der Waals surface area contributed by atoms with Gasteiger partial charge in [0.1, 0.15) is 0 Å². The summed E-state index contributed by atoms with van der Waals surface area (Å²) >= 11 is 3.37. The Bertz CT molecular complexity index is 534. The van der Waals surface area contributed by atoms with E-state index in [1.807, 2.05) is 39.1 Å². The van der Waals surface area contributed by atoms with Crippen LogP contribution in [0.2, 0.25) is 0 Å². The van der Waals surface area contributed by atoms with Crippen molar-refractivity contribution in [1.82, 2.24) is 9.61 Å². The predicted molar refractivity (Wildman–Crippen MR) is 73.3 cm³/mol. The molecule has 0 aliphatic rings. The molecule has 2 heterocycles. The van der Waals surface area contributed by atoms with Gasteiger partial charge in [-0.3, -0.25) is 4.79 Å². The number of pyridine rings is 1. The summed E-state index contributed by atoms with van der Waals surface area (Å²) in [4.78, 5) is 10.9. The number of carbonyl (C=O) groups is 1. The molecule has 4 nitrogen and oxygen atoms in total. The molecule has 1 amide bonds. The summed E-state index contributed by atoms with van der Waals surface area (Å²) in [5.41, 5.74) is 1.96. The number of fused-ring (bicyclic) bond motifs is 1. The molecule has 5 heteroatoms. The van der Waals surface area contributed by atoms with Gasteiger partial charge in [0.25, 0.3) is 0 Å². The Balaban J connectivity index is 0.000000686. The number of hydrogen-bond donors (Lipinski definition) is 1. The molecule has 0 atom stereocenters. The van der Waals surface area contributed by atoms with Crippen molar-refractivity contribution in [2.75, 3.05) is 5.32 Å². The van der Waals surface area contributed by atoms with Crippen LogP contribution in [0.1, 0.15) is 26.3 Å². The highest BCUT2D eigenvalue weighted by molar-refractivity contribution is 9.10. The van der Waals surface area contributed by atoms with Crippen molar-refractivity contribution in [1.29, 1.82) is 0 Å². The summed E-state index contributed by atoms with van der Waals surface area (Å²) in [5.74, 6) is 0.501. The van der Waals surface area contributed by atoms with Gasteiger partial charge in [-0.15, -0.1) is 5.10 Å². The highest BCUT2D eigenvalue weighted by Crippen LogP contribution is 2.21. The maximum Gasteiger partial charge on any atom is 0.222 e. The number of rotatable bonds is 1. The summed E-state index contributed by atoms with van der Waals surface area (Å²) in [6.07, 6.45) is 1.85. The molecule has 0 aromatic carbocycles. The topological polar surface area (TPSA) is 46.4 Å². The third-order valence-corrected chi connectivity index (χ3v) is 2.60. The molecule has 0 aliphatic carbocycles. The fourth-order valence-electron chi connectivity index (χ4n) is 1.43. The van der Waals surface area contributed by atoms with Crippen LogP contribution in [-0.4, -0.2) is 15.5 Å². The van der Waals surface area contributed by atoms with Gasteiger partial charge in [0.15, 0.2) is 5.82 Å². The first-order chi connectivity index (χ1) is 8.08. The van der Waals surface area contributed by atoms with E-state index in [0.717, 1.165) is 15.6 Å². The summed E-state index contributed by atoms with van der Waals surface area (Å²) in [6.45, 7) is 7.40. The van der Waals surface area contributed by atoms with Gasteiger partial charge in [-0.25, -0.2) is 4.52 Å². The molecule has 0 spiro atoms. The van der Waals surface area contributed by atoms with Crippen LogP contribution in [0.25, 0.3) is 5.52 Å². The molecule has 1 N–H and O–H groups in total. The summed E-state index contributed by atoms with van der Waals surface area (Å²) in [7, 11) is 0. The zero-order valence-electron chi connectivity index (χ0n) is 10.4. The van der Waals surface area contributed by atoms with Gasteiger partial charge in [-0.2, -0.15) is 0 Å². The molecule has 0 unspecified atom stereocenters. The molecule has 2 aromatic heterocycles. The first kappa shape index (κ1) is 13.7. The molecule has 0 saturated heterocycles. The second-order valence-corrected chi connectivity index (χ2v) is 4.25. The van der Waals surface area contributed by atoms with E-state index in [4.69, 9.17) is 0 Å². The van der Waals surface area contributed by atoms with Crippen LogP contribution in [0.3, 0.4) is 0 Å². The maximum atomic E-state index is 10.9. The number of aromatic nitrogens is 2. The molecule has 0 saturated carbocycles. The maximum absolute atomic E-state index is 10.9. The fourth-order valence-corrected chi connectivity index (χ4v) is 1.76. The van der Waals surface area contributed by atoms with Crippen LogP contribution >= 0.6 is 15.9 Å². The van der Waals surface area contributed by atoms with Crippen molar-refractivity contribution in [2.45, 2.75) is 27.7 Å². The van der Waals surface area contributed by atoms with Crippen LogP contribution < -0.4 is 5.32 Å². The van der Waals surface area contributed by atoms with Gasteiger partial charge in [0, 0.05) is 23.2 Å². The molecule has 0 fully saturated rings. The molecule has 0 radical (unpaired) electrons. The van der Waals surface area contributed by atoms with Crippen molar-refractivity contribution in [2.24, 2.45) is 0 Å². The van der Waals surface area contributed by atoms with Crippen LogP contribution in [0, 0.1) is 6.92 Å². The number of halogens is 1.